The summed E-state index contributed by atoms with van der Waals surface area (Å²) in [6.07, 6.45) is 1.98. The Hall–Kier alpha value is -4.65. The van der Waals surface area contributed by atoms with Crippen molar-refractivity contribution in [1.82, 2.24) is 24.6 Å². The van der Waals surface area contributed by atoms with Crippen molar-refractivity contribution in [2.75, 3.05) is 0 Å². The zero-order valence-electron chi connectivity index (χ0n) is 20.4. The quantitative estimate of drug-likeness (QED) is 0.339. The number of nitrogens with one attached hydrogen (secondary N) is 1. The Kier molecular flexibility index (Phi) is 5.81. The lowest BCUT2D eigenvalue weighted by atomic mass is 10.0. The molecule has 0 spiro atoms. The van der Waals surface area contributed by atoms with Gasteiger partial charge in [0.2, 0.25) is 0 Å². The van der Waals surface area contributed by atoms with Crippen LogP contribution in [0.1, 0.15) is 34.1 Å². The fraction of sp³-hybridized carbons (Fsp3) is 0.133. The number of aromatic nitrogens is 3. The number of amides is 2. The number of urea groups is 1. The smallest absolute Gasteiger partial charge is 0.318 e. The minimum atomic E-state index is -0.502. The molecule has 6 nitrogen and oxygen atoms in total. The molecular weight excluding hydrogens is 465 g/mol. The van der Waals surface area contributed by atoms with Crippen LogP contribution < -0.4 is 5.32 Å². The maximum absolute atomic E-state index is 14.4. The Morgan fingerprint density at radius 3 is 2.49 bits per heavy atom. The molecule has 1 aliphatic heterocycles. The zero-order valence-corrected chi connectivity index (χ0v) is 20.4. The molecule has 0 unspecified atom stereocenters. The maximum atomic E-state index is 14.4. The van der Waals surface area contributed by atoms with Gasteiger partial charge < -0.3 is 14.8 Å². The van der Waals surface area contributed by atoms with Gasteiger partial charge in [-0.25, -0.2) is 13.9 Å². The number of halogens is 1. The summed E-state index contributed by atoms with van der Waals surface area (Å²) in [5.41, 5.74) is 5.27. The van der Waals surface area contributed by atoms with Gasteiger partial charge in [-0.05, 0) is 54.4 Å². The van der Waals surface area contributed by atoms with Crippen molar-refractivity contribution >= 4 is 6.03 Å². The van der Waals surface area contributed by atoms with E-state index in [2.05, 4.69) is 9.88 Å². The fourth-order valence-electron chi connectivity index (χ4n) is 5.05. The lowest BCUT2D eigenvalue weighted by Crippen LogP contribution is -2.41. The van der Waals surface area contributed by atoms with E-state index >= 15 is 0 Å². The molecule has 0 bridgehead atoms. The number of rotatable bonds is 4. The Labute approximate surface area is 214 Å². The molecule has 184 valence electrons. The molecule has 2 aromatic heterocycles. The van der Waals surface area contributed by atoms with E-state index in [4.69, 9.17) is 5.10 Å². The molecule has 2 amide bonds. The number of hydrogen-bond donors (Lipinski definition) is 1. The highest BCUT2D eigenvalue weighted by molar-refractivity contribution is 5.76. The fourth-order valence-corrected chi connectivity index (χ4v) is 5.05. The van der Waals surface area contributed by atoms with Crippen molar-refractivity contribution in [1.29, 1.82) is 0 Å². The largest absolute Gasteiger partial charge is 0.334 e. The van der Waals surface area contributed by atoms with E-state index in [9.17, 15) is 9.18 Å². The minimum absolute atomic E-state index is 0.231. The second-order valence-electron chi connectivity index (χ2n) is 9.17. The lowest BCUT2D eigenvalue weighted by molar-refractivity contribution is 0.180. The third-order valence-corrected chi connectivity index (χ3v) is 6.80. The number of carbonyl (C=O) groups is 1. The van der Waals surface area contributed by atoms with Gasteiger partial charge in [-0.15, -0.1) is 0 Å². The number of fused-ring (bicyclic) bond motifs is 3. The monoisotopic (exact) mass is 491 g/mol. The summed E-state index contributed by atoms with van der Waals surface area (Å²) >= 11 is 0. The predicted octanol–water partition coefficient (Wildman–Crippen LogP) is 5.93. The average Bonchev–Trinajstić information content (AvgIpc) is 3.48. The average molecular weight is 492 g/mol. The van der Waals surface area contributed by atoms with E-state index in [1.807, 2.05) is 96.7 Å². The highest BCUT2D eigenvalue weighted by atomic mass is 19.1. The van der Waals surface area contributed by atoms with E-state index in [-0.39, 0.29) is 11.8 Å². The lowest BCUT2D eigenvalue weighted by Gasteiger charge is -2.31. The molecule has 0 radical (unpaired) electrons. The van der Waals surface area contributed by atoms with Crippen molar-refractivity contribution in [2.45, 2.75) is 26.1 Å². The third-order valence-electron chi connectivity index (χ3n) is 6.80. The van der Waals surface area contributed by atoms with Gasteiger partial charge in [0.1, 0.15) is 11.6 Å². The standard InChI is InChI=1S/C30H26FN5O/c1-21-26-20-35(30(37)32-19-22-10-4-2-5-11-22)28(23-12-8-13-24(31)18-23)27-16-9-17-34(27)29(26)36(33-21)25-14-6-3-7-15-25/h2-18,28H,19-20H2,1H3,(H,32,37)/t28-/m1/s1. The first-order chi connectivity index (χ1) is 18.1. The van der Waals surface area contributed by atoms with Crippen LogP contribution in [0, 0.1) is 12.7 Å². The number of benzene rings is 3. The van der Waals surface area contributed by atoms with Gasteiger partial charge in [0.25, 0.3) is 0 Å². The summed E-state index contributed by atoms with van der Waals surface area (Å²) in [6.45, 7) is 2.67. The van der Waals surface area contributed by atoms with Crippen LogP contribution in [-0.4, -0.2) is 25.3 Å². The Morgan fingerprint density at radius 2 is 1.73 bits per heavy atom. The molecule has 3 heterocycles. The molecule has 7 heteroatoms. The third kappa shape index (κ3) is 4.18. The van der Waals surface area contributed by atoms with Gasteiger partial charge in [0.15, 0.2) is 0 Å². The number of nitrogens with zero attached hydrogens (tertiary/aromatic N) is 4. The highest BCUT2D eigenvalue weighted by Crippen LogP contribution is 2.38. The van der Waals surface area contributed by atoms with Crippen LogP contribution in [0.5, 0.6) is 0 Å². The van der Waals surface area contributed by atoms with Crippen molar-refractivity contribution in [3.8, 4) is 11.5 Å². The van der Waals surface area contributed by atoms with E-state index in [1.54, 1.807) is 11.0 Å². The van der Waals surface area contributed by atoms with E-state index < -0.39 is 6.04 Å². The van der Waals surface area contributed by atoms with Crippen molar-refractivity contribution in [3.05, 3.63) is 137 Å². The molecule has 3 aromatic carbocycles. The molecule has 0 aliphatic carbocycles. The molecule has 6 rings (SSSR count). The van der Waals surface area contributed by atoms with Crippen molar-refractivity contribution in [3.63, 3.8) is 0 Å². The van der Waals surface area contributed by atoms with E-state index in [1.165, 1.54) is 12.1 Å². The summed E-state index contributed by atoms with van der Waals surface area (Å²) in [4.78, 5) is 15.6. The first-order valence-electron chi connectivity index (χ1n) is 12.3. The van der Waals surface area contributed by atoms with Gasteiger partial charge in [-0.2, -0.15) is 5.10 Å². The summed E-state index contributed by atoms with van der Waals surface area (Å²) < 4.78 is 18.4. The first kappa shape index (κ1) is 22.8. The van der Waals surface area contributed by atoms with Crippen LogP contribution >= 0.6 is 0 Å². The van der Waals surface area contributed by atoms with Crippen LogP contribution in [0.25, 0.3) is 11.5 Å². The Morgan fingerprint density at radius 1 is 0.973 bits per heavy atom. The van der Waals surface area contributed by atoms with Crippen LogP contribution in [-0.2, 0) is 13.1 Å². The van der Waals surface area contributed by atoms with Crippen molar-refractivity contribution in [2.24, 2.45) is 0 Å². The second kappa shape index (κ2) is 9.43. The topological polar surface area (TPSA) is 55.1 Å². The van der Waals surface area contributed by atoms with Gasteiger partial charge in [0.05, 0.1) is 29.7 Å². The van der Waals surface area contributed by atoms with E-state index in [0.29, 0.717) is 18.7 Å². The van der Waals surface area contributed by atoms with E-state index in [0.717, 1.165) is 34.0 Å². The predicted molar refractivity (Wildman–Crippen MR) is 140 cm³/mol. The molecule has 1 atom stereocenters. The SMILES string of the molecule is Cc1nn(-c2ccccc2)c2c1CN(C(=O)NCc1ccccc1)[C@H](c1cccc(F)c1)c1cccn1-2. The maximum Gasteiger partial charge on any atom is 0.318 e. The summed E-state index contributed by atoms with van der Waals surface area (Å²) in [5.74, 6) is 0.539. The zero-order chi connectivity index (χ0) is 25.4. The van der Waals surface area contributed by atoms with Crippen LogP contribution in [0.2, 0.25) is 0 Å². The normalized spacial score (nSPS) is 14.5. The van der Waals surface area contributed by atoms with Gasteiger partial charge >= 0.3 is 6.03 Å². The van der Waals surface area contributed by atoms with Crippen LogP contribution in [0.3, 0.4) is 0 Å². The molecule has 1 N–H and O–H groups in total. The molecule has 37 heavy (non-hydrogen) atoms. The molecule has 1 aliphatic rings. The number of para-hydroxylation sites is 1. The van der Waals surface area contributed by atoms with Crippen LogP contribution in [0.4, 0.5) is 9.18 Å². The Balaban J connectivity index is 1.49. The molecule has 0 fully saturated rings. The molecule has 0 saturated heterocycles. The molecular formula is C30H26FN5O. The summed E-state index contributed by atoms with van der Waals surface area (Å²) in [7, 11) is 0. The Bertz CT molecular complexity index is 1560. The summed E-state index contributed by atoms with van der Waals surface area (Å²) in [5, 5.41) is 7.94. The first-order valence-corrected chi connectivity index (χ1v) is 12.3. The van der Waals surface area contributed by atoms with Gasteiger partial charge in [-0.3, -0.25) is 0 Å². The molecule has 0 saturated carbocycles. The number of hydrogen-bond acceptors (Lipinski definition) is 2. The second-order valence-corrected chi connectivity index (χ2v) is 9.17. The van der Waals surface area contributed by atoms with Crippen molar-refractivity contribution < 1.29 is 9.18 Å². The highest BCUT2D eigenvalue weighted by Gasteiger charge is 2.36. The number of carbonyl (C=O) groups excluding carboxylic acids is 1. The van der Waals surface area contributed by atoms with Gasteiger partial charge in [0, 0.05) is 18.3 Å². The molecule has 5 aromatic rings. The van der Waals surface area contributed by atoms with Crippen LogP contribution in [0.15, 0.2) is 103 Å². The summed E-state index contributed by atoms with van der Waals surface area (Å²) in [6, 6.07) is 29.4. The minimum Gasteiger partial charge on any atom is -0.334 e. The number of aryl methyl sites for hydroxylation is 1. The van der Waals surface area contributed by atoms with Gasteiger partial charge in [-0.1, -0.05) is 60.7 Å².